The Balaban J connectivity index is 1.29. The lowest BCUT2D eigenvalue weighted by molar-refractivity contribution is -0.132. The molecule has 41 heavy (non-hydrogen) atoms. The molecule has 0 aliphatic carbocycles. The van der Waals surface area contributed by atoms with Crippen molar-refractivity contribution >= 4 is 17.2 Å². The summed E-state index contributed by atoms with van der Waals surface area (Å²) in [6.45, 7) is 2.76. The second-order valence-electron chi connectivity index (χ2n) is 9.69. The van der Waals surface area contributed by atoms with Crippen LogP contribution in [0.1, 0.15) is 18.9 Å². The Morgan fingerprint density at radius 1 is 1.29 bits per heavy atom. The molecular formula is C27H27F3N8O3. The number of fused-ring (bicyclic) bond motifs is 1. The molecule has 5 rings (SSSR count). The van der Waals surface area contributed by atoms with Crippen molar-refractivity contribution in [2.45, 2.75) is 37.7 Å². The van der Waals surface area contributed by atoms with E-state index in [-0.39, 0.29) is 13.0 Å². The van der Waals surface area contributed by atoms with Gasteiger partial charge in [0.05, 0.1) is 65.9 Å². The number of rotatable bonds is 6. The van der Waals surface area contributed by atoms with E-state index in [1.807, 2.05) is 6.92 Å². The number of nitrogens with one attached hydrogen (secondary N) is 1. The maximum absolute atomic E-state index is 13.5. The normalized spacial score (nSPS) is 21.0. The van der Waals surface area contributed by atoms with E-state index in [9.17, 15) is 28.3 Å². The fourth-order valence-electron chi connectivity index (χ4n) is 5.07. The first-order valence-electron chi connectivity index (χ1n) is 12.9. The first kappa shape index (κ1) is 27.9. The lowest BCUT2D eigenvalue weighted by Gasteiger charge is -2.38. The van der Waals surface area contributed by atoms with Gasteiger partial charge in [-0.2, -0.15) is 23.5 Å². The lowest BCUT2D eigenvalue weighted by Crippen LogP contribution is -2.58. The topological polar surface area (TPSA) is 132 Å². The molecule has 0 radical (unpaired) electrons. The van der Waals surface area contributed by atoms with Crippen LogP contribution in [-0.4, -0.2) is 86.6 Å². The summed E-state index contributed by atoms with van der Waals surface area (Å²) in [6.07, 6.45) is 4.31. The van der Waals surface area contributed by atoms with Crippen LogP contribution in [0.4, 0.5) is 19.0 Å². The van der Waals surface area contributed by atoms with Gasteiger partial charge in [-0.15, -0.1) is 0 Å². The minimum Gasteiger partial charge on any atom is -0.492 e. The summed E-state index contributed by atoms with van der Waals surface area (Å²) in [4.78, 5) is 24.9. The summed E-state index contributed by atoms with van der Waals surface area (Å²) in [5.74, 6) is 0.191. The summed E-state index contributed by atoms with van der Waals surface area (Å²) < 4.78 is 47.7. The Morgan fingerprint density at radius 3 is 2.76 bits per heavy atom. The number of aliphatic hydroxyl groups is 1. The molecule has 2 aliphatic heterocycles. The number of piperidine rings is 1. The fourth-order valence-corrected chi connectivity index (χ4v) is 5.07. The molecular weight excluding hydrogens is 541 g/mol. The quantitative estimate of drug-likeness (QED) is 0.460. The molecule has 2 aliphatic rings. The number of hydrogen-bond donors (Lipinski definition) is 2. The summed E-state index contributed by atoms with van der Waals surface area (Å²) in [7, 11) is 1.40. The first-order valence-corrected chi connectivity index (χ1v) is 12.9. The number of anilines is 1. The minimum absolute atomic E-state index is 0.0899. The fraction of sp³-hybridized carbons (Fsp3) is 0.370. The highest BCUT2D eigenvalue weighted by Gasteiger charge is 2.44. The number of hydrogen-bond acceptors (Lipinski definition) is 9. The largest absolute Gasteiger partial charge is 0.492 e. The van der Waals surface area contributed by atoms with Gasteiger partial charge in [0.15, 0.2) is 0 Å². The summed E-state index contributed by atoms with van der Waals surface area (Å²) in [5, 5.41) is 27.1. The van der Waals surface area contributed by atoms with E-state index in [1.54, 1.807) is 27.9 Å². The molecule has 11 nitrogen and oxygen atoms in total. The van der Waals surface area contributed by atoms with Crippen LogP contribution in [0.25, 0.3) is 16.8 Å². The number of carbonyl (C=O) groups excluding carboxylic acids is 1. The van der Waals surface area contributed by atoms with Gasteiger partial charge in [-0.05, 0) is 31.7 Å². The molecule has 0 saturated carbocycles. The lowest BCUT2D eigenvalue weighted by atomic mass is 9.98. The van der Waals surface area contributed by atoms with Crippen molar-refractivity contribution < 1.29 is 27.8 Å². The van der Waals surface area contributed by atoms with E-state index in [0.29, 0.717) is 47.1 Å². The van der Waals surface area contributed by atoms with Crippen LogP contribution in [-0.2, 0) is 4.79 Å². The van der Waals surface area contributed by atoms with Crippen molar-refractivity contribution in [3.8, 4) is 23.1 Å². The molecule has 0 bridgehead atoms. The Hall–Kier alpha value is -4.64. The molecule has 3 atom stereocenters. The maximum Gasteiger partial charge on any atom is 0.415 e. The van der Waals surface area contributed by atoms with Crippen molar-refractivity contribution in [2.75, 3.05) is 31.6 Å². The third-order valence-electron chi connectivity index (χ3n) is 7.04. The molecule has 214 valence electrons. The maximum atomic E-state index is 13.5. The monoisotopic (exact) mass is 568 g/mol. The Labute approximate surface area is 233 Å². The number of likely N-dealkylation sites (N-methyl/N-ethyl adjacent to an activating group) is 1. The zero-order chi connectivity index (χ0) is 29.3. The molecule has 5 heterocycles. The molecule has 3 aromatic rings. The number of carbonyl (C=O) groups is 1. The number of amides is 1. The number of nitriles is 1. The third kappa shape index (κ3) is 5.53. The smallest absolute Gasteiger partial charge is 0.415 e. The Morgan fingerprint density at radius 2 is 2.10 bits per heavy atom. The number of aliphatic hydroxyl groups excluding tert-OH is 1. The van der Waals surface area contributed by atoms with E-state index < -0.39 is 35.8 Å². The number of halogens is 3. The zero-order valence-electron chi connectivity index (χ0n) is 22.2. The second-order valence-corrected chi connectivity index (χ2v) is 9.69. The molecule has 0 aromatic carbocycles. The van der Waals surface area contributed by atoms with Gasteiger partial charge in [0.25, 0.3) is 0 Å². The number of aromatic nitrogens is 4. The molecule has 3 aromatic heterocycles. The molecule has 1 unspecified atom stereocenters. The van der Waals surface area contributed by atoms with Crippen LogP contribution < -0.4 is 15.0 Å². The van der Waals surface area contributed by atoms with E-state index in [4.69, 9.17) is 4.74 Å². The molecule has 1 amide bonds. The van der Waals surface area contributed by atoms with Crippen LogP contribution in [0.3, 0.4) is 0 Å². The van der Waals surface area contributed by atoms with Crippen LogP contribution in [0.5, 0.6) is 5.75 Å². The van der Waals surface area contributed by atoms with Gasteiger partial charge in [-0.25, -0.2) is 9.50 Å². The van der Waals surface area contributed by atoms with Crippen molar-refractivity contribution in [3.63, 3.8) is 0 Å². The zero-order valence-corrected chi connectivity index (χ0v) is 22.2. The van der Waals surface area contributed by atoms with Gasteiger partial charge >= 0.3 is 6.18 Å². The van der Waals surface area contributed by atoms with Gasteiger partial charge in [0, 0.05) is 25.7 Å². The number of β-amino-alcohol motifs (C(OH)–C–C–N with tert-alkyl or cyclic N) is 1. The molecule has 1 saturated heterocycles. The highest BCUT2D eigenvalue weighted by atomic mass is 19.4. The number of allylic oxidation sites excluding steroid dienone is 2. The van der Waals surface area contributed by atoms with E-state index in [0.717, 1.165) is 6.08 Å². The van der Waals surface area contributed by atoms with Crippen LogP contribution in [0.15, 0.2) is 54.8 Å². The first-order chi connectivity index (χ1) is 19.6. The van der Waals surface area contributed by atoms with Gasteiger partial charge in [-0.1, -0.05) is 6.08 Å². The molecule has 0 spiro atoms. The summed E-state index contributed by atoms with van der Waals surface area (Å²) in [5.41, 5.74) is 1.06. The van der Waals surface area contributed by atoms with Crippen molar-refractivity contribution in [3.05, 3.63) is 60.3 Å². The van der Waals surface area contributed by atoms with Gasteiger partial charge < -0.3 is 25.0 Å². The van der Waals surface area contributed by atoms with Gasteiger partial charge in [0.1, 0.15) is 23.7 Å². The van der Waals surface area contributed by atoms with Crippen molar-refractivity contribution in [1.29, 1.82) is 5.26 Å². The number of ether oxygens (including phenoxy) is 1. The van der Waals surface area contributed by atoms with Gasteiger partial charge in [-0.3, -0.25) is 9.78 Å². The summed E-state index contributed by atoms with van der Waals surface area (Å²) in [6, 6.07) is 1.61. The molecule has 1 fully saturated rings. The van der Waals surface area contributed by atoms with E-state index in [2.05, 4.69) is 26.5 Å². The average molecular weight is 569 g/mol. The minimum atomic E-state index is -4.67. The van der Waals surface area contributed by atoms with Crippen molar-refractivity contribution in [1.82, 2.24) is 29.8 Å². The standard InChI is InChI=1S/C27H27F3N8O3/c1-3-41-17-9-18(24-16(10-31)11-34-38(24)14-17)21-12-33-23(13-32-21)37-8-6-20(22(39)15-37)35-26(40)25-19(27(28,29)30)5-4-7-36(25)2/h4-5,7,9,11-14,20,22,25,39H,3,6,8,15H2,1-2H3,(H,35,40)/t20-,22-,25?/m0/s1. The number of pyridine rings is 1. The highest BCUT2D eigenvalue weighted by molar-refractivity contribution is 5.86. The van der Waals surface area contributed by atoms with Crippen LogP contribution in [0.2, 0.25) is 0 Å². The van der Waals surface area contributed by atoms with E-state index >= 15 is 0 Å². The third-order valence-corrected chi connectivity index (χ3v) is 7.04. The predicted octanol–water partition coefficient (Wildman–Crippen LogP) is 2.43. The van der Waals surface area contributed by atoms with Crippen LogP contribution >= 0.6 is 0 Å². The Kier molecular flexibility index (Phi) is 7.55. The van der Waals surface area contributed by atoms with Crippen LogP contribution in [0, 0.1) is 11.3 Å². The SMILES string of the molecule is CCOc1cc(-c2cnc(N3CC[C@H](NC(=O)C4C(C(F)(F)F)=CC=CN4C)[C@@H](O)C3)cn2)c2c(C#N)cnn2c1. The molecule has 2 N–H and O–H groups in total. The van der Waals surface area contributed by atoms with Crippen molar-refractivity contribution in [2.24, 2.45) is 0 Å². The Bertz CT molecular complexity index is 1540. The average Bonchev–Trinajstić information content (AvgIpc) is 3.36. The molecule has 14 heteroatoms. The summed E-state index contributed by atoms with van der Waals surface area (Å²) >= 11 is 0. The predicted molar refractivity (Wildman–Crippen MR) is 142 cm³/mol. The number of nitrogens with zero attached hydrogens (tertiary/aromatic N) is 7. The number of alkyl halides is 3. The van der Waals surface area contributed by atoms with Gasteiger partial charge in [0.2, 0.25) is 5.91 Å². The van der Waals surface area contributed by atoms with E-state index in [1.165, 1.54) is 36.6 Å². The highest BCUT2D eigenvalue weighted by Crippen LogP contribution is 2.33. The second kappa shape index (κ2) is 11.1.